The van der Waals surface area contributed by atoms with Crippen LogP contribution in [0.15, 0.2) is 197 Å². The number of nitrogens with one attached hydrogen (secondary N) is 1. The summed E-state index contributed by atoms with van der Waals surface area (Å²) in [6, 6.07) is 55.7. The molecule has 0 bridgehead atoms. The minimum atomic E-state index is -1.63. The van der Waals surface area contributed by atoms with Gasteiger partial charge in [-0.25, -0.2) is 0 Å². The van der Waals surface area contributed by atoms with E-state index in [1.54, 1.807) is 13.3 Å². The van der Waals surface area contributed by atoms with Gasteiger partial charge >= 0.3 is 287 Å². The van der Waals surface area contributed by atoms with Gasteiger partial charge in [0.25, 0.3) is 0 Å². The van der Waals surface area contributed by atoms with Crippen molar-refractivity contribution in [2.75, 3.05) is 35.7 Å². The van der Waals surface area contributed by atoms with Gasteiger partial charge < -0.3 is 52.6 Å². The Hall–Kier alpha value is 6.25. The molecule has 1 saturated heterocycles. The molecule has 34 heteroatoms. The Labute approximate surface area is 821 Å². The third kappa shape index (κ3) is 60.4. The number of anilines is 6. The van der Waals surface area contributed by atoms with E-state index in [0.29, 0.717) is 51.7 Å². The number of benzene rings is 6. The minimum absolute atomic E-state index is 0. The standard InChI is InChI=1S/C19H21BrN2OSi.C19H22N2OSi.C15H11BrN2.C6H13BO2.C4H12OSi.3C2H6.2CH3.I3.10HI.4V/c1-24(2,3)23-14-22(17-7-5-4-6-8-17)18-9-10-19-15(12-18)11-16(20)13-21-19;1-23(2,3)22-15-21(17-9-5-4-6-10-17)18-11-12-19-16(14-18)8-7-13-20-19;16-12-8-11-9-14(6-7-15(11)17-10-12)18-13-4-2-1-3-5-13;1-5(2)6(3,4)9-7-8-5;1-5-6(2,3)4;3*1-2;;;1-3-2;;;;;;;;;;;;;;/h4-13H,14H2,1-3H3;4-14H,15H2,1-3H3;1-10,18H;7H,1-4H3;1-4H3;3*1-2H3;2*1H3;;10*1H;;;;/q;;;;;;;;3*-1;;;;;;;;;;;2*+2;2*+3/p-10/i;7D;;7D;;;;;;;;;;;;;;;;;;;;;. The van der Waals surface area contributed by atoms with Crippen molar-refractivity contribution in [3.05, 3.63) is 212 Å². The van der Waals surface area contributed by atoms with Crippen molar-refractivity contribution in [3.63, 3.8) is 0 Å². The molecular formula is C71H103BBr2I13N6O5Si3V4-3. The molecule has 1 aliphatic heterocycles. The first-order valence-corrected chi connectivity index (χ1v) is 101. The molecule has 10 rings (SSSR count). The van der Waals surface area contributed by atoms with Gasteiger partial charge in [-0.1, -0.05) is 102 Å². The van der Waals surface area contributed by atoms with Crippen molar-refractivity contribution in [3.8, 4) is 0 Å². The predicted octanol–water partition coefficient (Wildman–Crippen LogP) is 29.8. The SMILES string of the molecule is Brc1cnc2ccc(Nc3ccccc3)cc2c1.CC.CC.CC.CO[Si](C)(C)C.C[Si](C)(C)OCN(c1ccccc1)c1ccc2ncc(Br)cc2c1.I[I-]I.[2H]B1OC(C)(C)C(C)(C)O1.[2H]c1cnc2ccc(N(CO[Si](C)(C)C)c3ccccc3)cc2c1.[CH3-].[CH3-].[I][V]([I])[I].[I][V]([I])[I].[I][V][I].[I][V][I]. The van der Waals surface area contributed by atoms with Crippen LogP contribution in [-0.4, -0.2) is 80.7 Å². The number of hydrogen-bond acceptors (Lipinski definition) is 11. The second kappa shape index (κ2) is 70.9. The van der Waals surface area contributed by atoms with Crippen LogP contribution in [0.3, 0.4) is 0 Å². The molecule has 0 spiro atoms. The van der Waals surface area contributed by atoms with E-state index in [1.807, 2.05) is 160 Å². The van der Waals surface area contributed by atoms with E-state index in [0.717, 1.165) is 75.8 Å². The molecule has 0 atom stereocenters. The fraction of sp³-hybridized carbons (Fsp3) is 0.338. The average Bonchev–Trinajstić information content (AvgIpc) is 1.47. The van der Waals surface area contributed by atoms with Crippen molar-refractivity contribution < 1.29 is 66.0 Å². The zero-order chi connectivity index (χ0) is 81.2. The van der Waals surface area contributed by atoms with Crippen LogP contribution in [0, 0.1) is 14.9 Å². The fourth-order valence-corrected chi connectivity index (χ4v) is 8.92. The molecule has 1 N–H and O–H groups in total. The van der Waals surface area contributed by atoms with Gasteiger partial charge in [-0.05, 0) is 228 Å². The van der Waals surface area contributed by atoms with Crippen LogP contribution in [0.4, 0.5) is 34.1 Å². The zero-order valence-electron chi connectivity index (χ0n) is 65.5. The molecule has 9 aromatic rings. The van der Waals surface area contributed by atoms with Gasteiger partial charge in [0.2, 0.25) is 0 Å². The Morgan fingerprint density at radius 2 is 0.819 bits per heavy atom. The number of halogens is 15. The molecule has 3 aromatic heterocycles. The molecule has 0 radical (unpaired) electrons. The van der Waals surface area contributed by atoms with Gasteiger partial charge in [0, 0.05) is 84.9 Å². The summed E-state index contributed by atoms with van der Waals surface area (Å²) in [7, 11) is -2.16. The predicted molar refractivity (Wildman–Crippen MR) is 569 cm³/mol. The molecule has 1 aliphatic rings. The molecule has 0 unspecified atom stereocenters. The molecular weight excluding hydrogens is 3130 g/mol. The number of nitrogens with zero attached hydrogens (tertiary/aromatic N) is 5. The van der Waals surface area contributed by atoms with E-state index in [1.165, 1.54) is 0 Å². The number of hydrogen-bond donors (Lipinski definition) is 1. The summed E-state index contributed by atoms with van der Waals surface area (Å²) in [6.07, 6.45) is 5.21. The summed E-state index contributed by atoms with van der Waals surface area (Å²) < 4.78 is 44.8. The maximum absolute atomic E-state index is 7.79. The molecule has 1 fully saturated rings. The first-order valence-electron chi connectivity index (χ1n) is 32.7. The van der Waals surface area contributed by atoms with E-state index in [4.69, 9.17) is 25.3 Å². The molecule has 590 valence electrons. The van der Waals surface area contributed by atoms with Crippen molar-refractivity contribution in [1.82, 2.24) is 15.0 Å². The number of rotatable bonds is 13. The molecule has 0 aliphatic carbocycles. The summed E-state index contributed by atoms with van der Waals surface area (Å²) in [5, 5.41) is 6.56. The van der Waals surface area contributed by atoms with Gasteiger partial charge in [-0.2, -0.15) is 0 Å². The Morgan fingerprint density at radius 3 is 1.14 bits per heavy atom. The van der Waals surface area contributed by atoms with Crippen LogP contribution in [0.25, 0.3) is 32.7 Å². The van der Waals surface area contributed by atoms with Gasteiger partial charge in [0.1, 0.15) is 13.5 Å². The van der Waals surface area contributed by atoms with E-state index < -0.39 is 32.6 Å². The average molecular weight is 3230 g/mol. The first kappa shape index (κ1) is 115. The van der Waals surface area contributed by atoms with Crippen molar-refractivity contribution in [2.24, 2.45) is 0 Å². The van der Waals surface area contributed by atoms with Gasteiger partial charge in [-0.3, -0.25) is 15.0 Å². The monoisotopic (exact) mass is 3230 g/mol. The van der Waals surface area contributed by atoms with Gasteiger partial charge in [0.05, 0.1) is 30.5 Å². The van der Waals surface area contributed by atoms with E-state index in [-0.39, 0.29) is 35.9 Å². The first-order chi connectivity index (χ1) is 49.3. The Bertz CT molecular complexity index is 3530. The number of para-hydroxylation sites is 3. The quantitative estimate of drug-likeness (QED) is 0.0517. The van der Waals surface area contributed by atoms with Gasteiger partial charge in [-0.15, -0.1) is 0 Å². The van der Waals surface area contributed by atoms with Crippen LogP contribution >= 0.6 is 269 Å². The van der Waals surface area contributed by atoms with Crippen molar-refractivity contribution >= 4 is 368 Å². The van der Waals surface area contributed by atoms with E-state index in [2.05, 4.69) is 443 Å². The van der Waals surface area contributed by atoms with Crippen molar-refractivity contribution in [2.45, 2.75) is 139 Å². The Morgan fingerprint density at radius 1 is 0.505 bits per heavy atom. The zero-order valence-corrected chi connectivity index (χ0v) is 103. The molecule has 6 aromatic carbocycles. The third-order valence-corrected chi connectivity index (χ3v) is 16.7. The maximum atomic E-state index is 7.79. The number of fused-ring (bicyclic) bond motifs is 3. The van der Waals surface area contributed by atoms with Crippen LogP contribution in [0.5, 0.6) is 0 Å². The van der Waals surface area contributed by atoms with Crippen LogP contribution in [-0.2, 0) is 51.4 Å². The summed E-state index contributed by atoms with van der Waals surface area (Å²) >= 11 is 36.5. The van der Waals surface area contributed by atoms with Crippen LogP contribution in [0.1, 0.15) is 70.6 Å². The summed E-state index contributed by atoms with van der Waals surface area (Å²) in [4.78, 5) is 16.9. The van der Waals surface area contributed by atoms with E-state index >= 15 is 0 Å². The summed E-state index contributed by atoms with van der Waals surface area (Å²) in [6.45, 7) is 40.4. The van der Waals surface area contributed by atoms with E-state index in [9.17, 15) is 0 Å². The second-order valence-electron chi connectivity index (χ2n) is 23.4. The second-order valence-corrected chi connectivity index (χ2v) is 149. The summed E-state index contributed by atoms with van der Waals surface area (Å²) in [5.41, 5.74) is 8.69. The van der Waals surface area contributed by atoms with Crippen molar-refractivity contribution in [1.29, 1.82) is 1.34 Å². The Kier molecular flexibility index (Phi) is 77.9. The molecule has 0 amide bonds. The molecule has 11 nitrogen and oxygen atoms in total. The summed E-state index contributed by atoms with van der Waals surface area (Å²) in [5.74, 6) is 0. The van der Waals surface area contributed by atoms with Crippen LogP contribution in [0.2, 0.25) is 58.9 Å². The molecule has 4 heterocycles. The molecule has 0 saturated carbocycles. The fourth-order valence-electron chi connectivity index (χ4n) is 7.18. The van der Waals surface area contributed by atoms with Crippen LogP contribution < -0.4 is 28.4 Å². The topological polar surface area (TPSA) is 103 Å². The van der Waals surface area contributed by atoms with Gasteiger partial charge in [0.15, 0.2) is 25.0 Å². The molecule has 105 heavy (non-hydrogen) atoms. The normalized spacial score (nSPS) is 11.9. The third-order valence-electron chi connectivity index (χ3n) is 12.6. The number of pyridine rings is 3. The Balaban J connectivity index is -0.000000390. The number of aromatic nitrogens is 3.